The standard InChI is InChI=1S/C17H22N6O3S2/c1-13-19-10-16(23(25)26)22(13)11-14(24)12-28-17(27)21-8-6-20(7-9-21)15-4-2-3-5-18-15/h2-5,10,14,24H,6-9,11-12H2,1H3. The van der Waals surface area contributed by atoms with E-state index >= 15 is 0 Å². The van der Waals surface area contributed by atoms with E-state index in [1.54, 1.807) is 13.1 Å². The van der Waals surface area contributed by atoms with Gasteiger partial charge in [-0.1, -0.05) is 30.0 Å². The van der Waals surface area contributed by atoms with E-state index in [9.17, 15) is 15.2 Å². The molecule has 3 heterocycles. The molecule has 1 fully saturated rings. The minimum atomic E-state index is -0.760. The summed E-state index contributed by atoms with van der Waals surface area (Å²) in [4.78, 5) is 23.2. The zero-order valence-electron chi connectivity index (χ0n) is 15.5. The van der Waals surface area contributed by atoms with Gasteiger partial charge in [0.05, 0.1) is 0 Å². The predicted octanol–water partition coefficient (Wildman–Crippen LogP) is 1.70. The van der Waals surface area contributed by atoms with Gasteiger partial charge in [-0.2, -0.15) is 0 Å². The van der Waals surface area contributed by atoms with E-state index in [0.29, 0.717) is 11.6 Å². The first-order valence-electron chi connectivity index (χ1n) is 8.88. The lowest BCUT2D eigenvalue weighted by atomic mass is 10.3. The number of rotatable bonds is 6. The number of imidazole rings is 1. The van der Waals surface area contributed by atoms with Crippen molar-refractivity contribution in [3.8, 4) is 0 Å². The van der Waals surface area contributed by atoms with Crippen LogP contribution in [0, 0.1) is 17.0 Å². The summed E-state index contributed by atoms with van der Waals surface area (Å²) in [6.45, 7) is 5.06. The van der Waals surface area contributed by atoms with Gasteiger partial charge in [-0.15, -0.1) is 0 Å². The van der Waals surface area contributed by atoms with Crippen molar-refractivity contribution >= 4 is 39.9 Å². The number of aromatic nitrogens is 3. The van der Waals surface area contributed by atoms with Crippen LogP contribution in [0.3, 0.4) is 0 Å². The molecule has 1 N–H and O–H groups in total. The number of pyridine rings is 1. The molecule has 0 radical (unpaired) electrons. The number of hydrogen-bond acceptors (Lipinski definition) is 8. The molecular formula is C17H22N6O3S2. The van der Waals surface area contributed by atoms with Crippen molar-refractivity contribution in [2.75, 3.05) is 36.8 Å². The van der Waals surface area contributed by atoms with Crippen LogP contribution in [0.25, 0.3) is 0 Å². The highest BCUT2D eigenvalue weighted by atomic mass is 32.2. The zero-order chi connectivity index (χ0) is 20.1. The van der Waals surface area contributed by atoms with Crippen molar-refractivity contribution in [2.45, 2.75) is 19.6 Å². The molecule has 9 nitrogen and oxygen atoms in total. The molecule has 150 valence electrons. The Bertz CT molecular complexity index is 824. The SMILES string of the molecule is Cc1ncc([N+](=O)[O-])n1CC(O)CSC(=S)N1CCN(c2ccccn2)CC1. The van der Waals surface area contributed by atoms with E-state index in [4.69, 9.17) is 12.2 Å². The summed E-state index contributed by atoms with van der Waals surface area (Å²) < 4.78 is 2.15. The smallest absolute Gasteiger partial charge is 0.342 e. The maximum atomic E-state index is 11.0. The van der Waals surface area contributed by atoms with Crippen LogP contribution in [0.5, 0.6) is 0 Å². The number of nitrogens with zero attached hydrogens (tertiary/aromatic N) is 6. The van der Waals surface area contributed by atoms with E-state index in [-0.39, 0.29) is 12.4 Å². The average molecular weight is 423 g/mol. The van der Waals surface area contributed by atoms with Crippen molar-refractivity contribution in [1.29, 1.82) is 0 Å². The number of nitro groups is 1. The Hall–Kier alpha value is -2.24. The molecule has 1 aliphatic rings. The summed E-state index contributed by atoms with van der Waals surface area (Å²) in [5.41, 5.74) is 0. The first-order valence-corrected chi connectivity index (χ1v) is 10.3. The molecule has 0 amide bonds. The Morgan fingerprint density at radius 1 is 1.36 bits per heavy atom. The predicted molar refractivity (Wildman–Crippen MR) is 113 cm³/mol. The Labute approximate surface area is 172 Å². The summed E-state index contributed by atoms with van der Waals surface area (Å²) in [5.74, 6) is 1.72. The van der Waals surface area contributed by atoms with Gasteiger partial charge in [-0.25, -0.2) is 14.5 Å². The summed E-state index contributed by atoms with van der Waals surface area (Å²) in [6.07, 6.45) is 2.24. The van der Waals surface area contributed by atoms with Crippen LogP contribution in [-0.2, 0) is 6.54 Å². The monoisotopic (exact) mass is 422 g/mol. The van der Waals surface area contributed by atoms with Gasteiger partial charge >= 0.3 is 5.82 Å². The first kappa shape index (κ1) is 20.5. The number of aryl methyl sites for hydroxylation is 1. The van der Waals surface area contributed by atoms with Gasteiger partial charge in [0.25, 0.3) is 0 Å². The lowest BCUT2D eigenvalue weighted by Gasteiger charge is -2.36. The normalized spacial score (nSPS) is 15.5. The van der Waals surface area contributed by atoms with Crippen LogP contribution in [0.1, 0.15) is 5.82 Å². The molecule has 2 aromatic rings. The average Bonchev–Trinajstić information content (AvgIpc) is 3.07. The van der Waals surface area contributed by atoms with Crippen molar-refractivity contribution in [1.82, 2.24) is 19.4 Å². The number of anilines is 1. The van der Waals surface area contributed by atoms with E-state index in [1.165, 1.54) is 22.5 Å². The maximum Gasteiger partial charge on any atom is 0.342 e. The number of thioether (sulfide) groups is 1. The van der Waals surface area contributed by atoms with Gasteiger partial charge in [-0.05, 0) is 17.1 Å². The molecule has 0 aliphatic carbocycles. The number of thiocarbonyl (C=S) groups is 1. The molecular weight excluding hydrogens is 400 g/mol. The zero-order valence-corrected chi connectivity index (χ0v) is 17.1. The van der Waals surface area contributed by atoms with Crippen LogP contribution < -0.4 is 4.90 Å². The molecule has 0 spiro atoms. The second-order valence-corrected chi connectivity index (χ2v) is 8.08. The fourth-order valence-electron chi connectivity index (χ4n) is 3.01. The molecule has 3 rings (SSSR count). The van der Waals surface area contributed by atoms with Crippen molar-refractivity contribution in [3.05, 3.63) is 46.5 Å². The Balaban J connectivity index is 1.46. The van der Waals surface area contributed by atoms with Crippen molar-refractivity contribution in [2.24, 2.45) is 0 Å². The van der Waals surface area contributed by atoms with Crippen molar-refractivity contribution in [3.63, 3.8) is 0 Å². The van der Waals surface area contributed by atoms with Gasteiger partial charge in [0.1, 0.15) is 29.0 Å². The summed E-state index contributed by atoms with van der Waals surface area (Å²) in [5, 5.41) is 21.3. The van der Waals surface area contributed by atoms with Gasteiger partial charge < -0.3 is 25.0 Å². The van der Waals surface area contributed by atoms with Gasteiger partial charge in [0, 0.05) is 45.1 Å². The van der Waals surface area contributed by atoms with Crippen LogP contribution >= 0.6 is 24.0 Å². The molecule has 11 heteroatoms. The molecule has 1 atom stereocenters. The van der Waals surface area contributed by atoms with Crippen molar-refractivity contribution < 1.29 is 10.0 Å². The van der Waals surface area contributed by atoms with Gasteiger partial charge in [0.2, 0.25) is 0 Å². The molecule has 28 heavy (non-hydrogen) atoms. The lowest BCUT2D eigenvalue weighted by molar-refractivity contribution is -0.392. The highest BCUT2D eigenvalue weighted by Gasteiger charge is 2.23. The molecule has 0 aromatic carbocycles. The second kappa shape index (κ2) is 9.30. The van der Waals surface area contributed by atoms with E-state index in [1.807, 2.05) is 18.2 Å². The Kier molecular flexibility index (Phi) is 6.81. The van der Waals surface area contributed by atoms with Crippen LogP contribution in [-0.4, -0.2) is 71.8 Å². The van der Waals surface area contributed by atoms with Crippen LogP contribution in [0.4, 0.5) is 11.6 Å². The third kappa shape index (κ3) is 4.97. The quantitative estimate of drug-likeness (QED) is 0.423. The molecule has 0 bridgehead atoms. The summed E-state index contributed by atoms with van der Waals surface area (Å²) in [7, 11) is 0. The summed E-state index contributed by atoms with van der Waals surface area (Å²) in [6, 6.07) is 5.87. The minimum absolute atomic E-state index is 0.116. The highest BCUT2D eigenvalue weighted by Crippen LogP contribution is 2.19. The maximum absolute atomic E-state index is 11.0. The number of hydrogen-bond donors (Lipinski definition) is 1. The van der Waals surface area contributed by atoms with E-state index in [2.05, 4.69) is 19.8 Å². The third-order valence-electron chi connectivity index (χ3n) is 4.52. The topological polar surface area (TPSA) is 101 Å². The fraction of sp³-hybridized carbons (Fsp3) is 0.471. The highest BCUT2D eigenvalue weighted by molar-refractivity contribution is 8.22. The molecule has 0 saturated carbocycles. The van der Waals surface area contributed by atoms with Crippen LogP contribution in [0.15, 0.2) is 30.6 Å². The Morgan fingerprint density at radius 2 is 2.11 bits per heavy atom. The molecule has 2 aromatic heterocycles. The number of aliphatic hydroxyl groups is 1. The Morgan fingerprint density at radius 3 is 2.75 bits per heavy atom. The fourth-order valence-corrected chi connectivity index (χ4v) is 4.20. The lowest BCUT2D eigenvalue weighted by Crippen LogP contribution is -2.48. The second-order valence-electron chi connectivity index (χ2n) is 6.42. The first-order chi connectivity index (χ1) is 13.5. The largest absolute Gasteiger partial charge is 0.388 e. The van der Waals surface area contributed by atoms with Crippen LogP contribution in [0.2, 0.25) is 0 Å². The summed E-state index contributed by atoms with van der Waals surface area (Å²) >= 11 is 6.90. The molecule has 1 aliphatic heterocycles. The van der Waals surface area contributed by atoms with E-state index < -0.39 is 11.0 Å². The number of aliphatic hydroxyl groups excluding tert-OH is 1. The molecule has 1 saturated heterocycles. The van der Waals surface area contributed by atoms with Gasteiger partial charge in [-0.3, -0.25) is 0 Å². The van der Waals surface area contributed by atoms with E-state index in [0.717, 1.165) is 36.3 Å². The minimum Gasteiger partial charge on any atom is -0.388 e. The number of piperazine rings is 1. The molecule has 1 unspecified atom stereocenters. The third-order valence-corrected chi connectivity index (χ3v) is 6.19. The van der Waals surface area contributed by atoms with Gasteiger partial charge in [0.15, 0.2) is 5.82 Å².